The van der Waals surface area contributed by atoms with Crippen LogP contribution in [0.5, 0.6) is 0 Å². The molecule has 2 aromatic heterocycles. The van der Waals surface area contributed by atoms with E-state index in [-0.39, 0.29) is 6.17 Å². The largest absolute Gasteiger partial charge is 0.389 e. The van der Waals surface area contributed by atoms with Crippen LogP contribution in [0.15, 0.2) is 90.1 Å². The zero-order chi connectivity index (χ0) is 18.5. The molecule has 0 fully saturated rings. The van der Waals surface area contributed by atoms with Crippen LogP contribution >= 0.6 is 0 Å². The van der Waals surface area contributed by atoms with Crippen LogP contribution in [0.1, 0.15) is 17.6 Å². The Morgan fingerprint density at radius 3 is 2.74 bits per heavy atom. The molecule has 0 bridgehead atoms. The summed E-state index contributed by atoms with van der Waals surface area (Å²) < 4.78 is 0. The van der Waals surface area contributed by atoms with Crippen molar-refractivity contribution in [2.24, 2.45) is 4.99 Å². The summed E-state index contributed by atoms with van der Waals surface area (Å²) in [6.07, 6.45) is 14.7. The lowest BCUT2D eigenvalue weighted by Crippen LogP contribution is -2.35. The van der Waals surface area contributed by atoms with E-state index in [0.29, 0.717) is 13.1 Å². The van der Waals surface area contributed by atoms with Crippen LogP contribution in [0, 0.1) is 0 Å². The van der Waals surface area contributed by atoms with Crippen molar-refractivity contribution in [3.8, 4) is 0 Å². The predicted molar refractivity (Wildman–Crippen MR) is 105 cm³/mol. The molecule has 1 N–H and O–H groups in total. The Bertz CT molecular complexity index is 876. The van der Waals surface area contributed by atoms with E-state index >= 15 is 0 Å². The number of fused-ring (bicyclic) bond motifs is 1. The molecule has 2 aliphatic rings. The van der Waals surface area contributed by atoms with E-state index in [1.54, 1.807) is 18.6 Å². The van der Waals surface area contributed by atoms with Crippen molar-refractivity contribution < 1.29 is 5.11 Å². The molecule has 0 spiro atoms. The third kappa shape index (κ3) is 3.96. The molecule has 4 rings (SSSR count). The first-order valence-corrected chi connectivity index (χ1v) is 8.92. The minimum atomic E-state index is -0.595. The Balaban J connectivity index is 1.46. The Hall–Kier alpha value is -3.25. The molecular formula is C21H21N5O. The third-order valence-electron chi connectivity index (χ3n) is 4.40. The van der Waals surface area contributed by atoms with Crippen LogP contribution in [0.4, 0.5) is 0 Å². The van der Waals surface area contributed by atoms with Crippen LogP contribution in [0.3, 0.4) is 0 Å². The Morgan fingerprint density at radius 2 is 1.96 bits per heavy atom. The number of aliphatic hydroxyl groups excluding tert-OH is 1. The monoisotopic (exact) mass is 359 g/mol. The normalized spacial score (nSPS) is 19.4. The fourth-order valence-electron chi connectivity index (χ4n) is 3.22. The first kappa shape index (κ1) is 17.2. The molecular weight excluding hydrogens is 338 g/mol. The Labute approximate surface area is 158 Å². The van der Waals surface area contributed by atoms with E-state index in [9.17, 15) is 5.11 Å². The molecule has 2 aliphatic heterocycles. The van der Waals surface area contributed by atoms with Gasteiger partial charge in [-0.15, -0.1) is 0 Å². The number of aliphatic imine (C=N–C) groups is 1. The minimum Gasteiger partial charge on any atom is -0.389 e. The lowest BCUT2D eigenvalue weighted by molar-refractivity contribution is 0.0988. The number of hydrogen-bond acceptors (Lipinski definition) is 6. The molecule has 0 aromatic carbocycles. The number of aliphatic hydroxyl groups is 1. The van der Waals surface area contributed by atoms with Gasteiger partial charge in [-0.3, -0.25) is 15.0 Å². The molecule has 136 valence electrons. The summed E-state index contributed by atoms with van der Waals surface area (Å²) in [6, 6.07) is 11.6. The Morgan fingerprint density at radius 1 is 1.11 bits per heavy atom. The molecule has 27 heavy (non-hydrogen) atoms. The van der Waals surface area contributed by atoms with Gasteiger partial charge in [0.1, 0.15) is 6.17 Å². The van der Waals surface area contributed by atoms with Gasteiger partial charge in [0.05, 0.1) is 29.7 Å². The average molecular weight is 359 g/mol. The van der Waals surface area contributed by atoms with Crippen molar-refractivity contribution in [2.75, 3.05) is 13.1 Å². The summed E-state index contributed by atoms with van der Waals surface area (Å²) in [4.78, 5) is 17.3. The maximum absolute atomic E-state index is 10.5. The fraction of sp³-hybridized carbons (Fsp3) is 0.190. The minimum absolute atomic E-state index is 0.0724. The van der Waals surface area contributed by atoms with Gasteiger partial charge in [-0.25, -0.2) is 0 Å². The molecule has 6 heteroatoms. The number of nitrogens with zero attached hydrogens (tertiary/aromatic N) is 5. The van der Waals surface area contributed by atoms with Crippen LogP contribution in [0.25, 0.3) is 0 Å². The summed E-state index contributed by atoms with van der Waals surface area (Å²) in [5.74, 6) is 0. The number of hydrogen-bond donors (Lipinski definition) is 1. The van der Waals surface area contributed by atoms with Crippen molar-refractivity contribution in [3.63, 3.8) is 0 Å². The zero-order valence-electron chi connectivity index (χ0n) is 14.8. The van der Waals surface area contributed by atoms with Gasteiger partial charge in [0, 0.05) is 37.6 Å². The van der Waals surface area contributed by atoms with Crippen LogP contribution in [0.2, 0.25) is 0 Å². The molecule has 0 amide bonds. The number of aromatic nitrogens is 2. The second-order valence-electron chi connectivity index (χ2n) is 6.39. The SMILES string of the molecule is OC(CN=Cc1ccccn1)CN1C=C2C=CC=CN2C1c1ccccn1. The van der Waals surface area contributed by atoms with Gasteiger partial charge in [0.2, 0.25) is 0 Å². The van der Waals surface area contributed by atoms with E-state index in [0.717, 1.165) is 17.1 Å². The first-order chi connectivity index (χ1) is 13.3. The number of β-amino-alcohol motifs (C(OH)–C–C–N with tert-alkyl or cyclic N) is 1. The maximum atomic E-state index is 10.5. The lowest BCUT2D eigenvalue weighted by Gasteiger charge is -2.32. The van der Waals surface area contributed by atoms with E-state index in [1.807, 2.05) is 54.8 Å². The second-order valence-corrected chi connectivity index (χ2v) is 6.39. The summed E-state index contributed by atoms with van der Waals surface area (Å²) in [5, 5.41) is 10.5. The van der Waals surface area contributed by atoms with Crippen molar-refractivity contribution in [3.05, 3.63) is 96.5 Å². The van der Waals surface area contributed by atoms with E-state index in [4.69, 9.17) is 0 Å². The highest BCUT2D eigenvalue weighted by Gasteiger charge is 2.33. The fourth-order valence-corrected chi connectivity index (χ4v) is 3.22. The van der Waals surface area contributed by atoms with Gasteiger partial charge < -0.3 is 14.9 Å². The zero-order valence-corrected chi connectivity index (χ0v) is 14.8. The number of rotatable bonds is 6. The average Bonchev–Trinajstić information content (AvgIpc) is 3.07. The van der Waals surface area contributed by atoms with E-state index in [2.05, 4.69) is 37.0 Å². The number of allylic oxidation sites excluding steroid dienone is 3. The van der Waals surface area contributed by atoms with Gasteiger partial charge in [0.15, 0.2) is 0 Å². The van der Waals surface area contributed by atoms with Crippen LogP contribution in [-0.4, -0.2) is 50.3 Å². The van der Waals surface area contributed by atoms with Crippen LogP contribution in [-0.2, 0) is 0 Å². The topological polar surface area (TPSA) is 64.9 Å². The molecule has 2 unspecified atom stereocenters. The van der Waals surface area contributed by atoms with Gasteiger partial charge in [-0.2, -0.15) is 0 Å². The van der Waals surface area contributed by atoms with Crippen molar-refractivity contribution in [2.45, 2.75) is 12.3 Å². The van der Waals surface area contributed by atoms with Crippen LogP contribution < -0.4 is 0 Å². The smallest absolute Gasteiger partial charge is 0.149 e. The molecule has 0 aliphatic carbocycles. The third-order valence-corrected chi connectivity index (χ3v) is 4.40. The standard InChI is InChI=1S/C21H21N5O/c27-19(14-22-13-17-7-1-4-10-23-17)16-25-15-18-8-3-6-12-26(18)21(25)20-9-2-5-11-24-20/h1-13,15,19,21,27H,14,16H2. The van der Waals surface area contributed by atoms with E-state index in [1.165, 1.54) is 0 Å². The highest BCUT2D eigenvalue weighted by molar-refractivity contribution is 5.76. The maximum Gasteiger partial charge on any atom is 0.149 e. The highest BCUT2D eigenvalue weighted by Crippen LogP contribution is 2.36. The molecule has 2 aromatic rings. The summed E-state index contributed by atoms with van der Waals surface area (Å²) in [7, 11) is 0. The molecule has 0 saturated carbocycles. The predicted octanol–water partition coefficient (Wildman–Crippen LogP) is 2.50. The van der Waals surface area contributed by atoms with Crippen molar-refractivity contribution >= 4 is 6.21 Å². The quantitative estimate of drug-likeness (QED) is 0.803. The van der Waals surface area contributed by atoms with Gasteiger partial charge >= 0.3 is 0 Å². The highest BCUT2D eigenvalue weighted by atomic mass is 16.3. The molecule has 0 saturated heterocycles. The van der Waals surface area contributed by atoms with Gasteiger partial charge in [-0.05, 0) is 36.4 Å². The Kier molecular flexibility index (Phi) is 5.07. The lowest BCUT2D eigenvalue weighted by atomic mass is 10.2. The van der Waals surface area contributed by atoms with Gasteiger partial charge in [0.25, 0.3) is 0 Å². The first-order valence-electron chi connectivity index (χ1n) is 8.92. The van der Waals surface area contributed by atoms with E-state index < -0.39 is 6.10 Å². The van der Waals surface area contributed by atoms with Crippen molar-refractivity contribution in [1.29, 1.82) is 0 Å². The van der Waals surface area contributed by atoms with Gasteiger partial charge in [-0.1, -0.05) is 18.2 Å². The molecule has 2 atom stereocenters. The summed E-state index contributed by atoms with van der Waals surface area (Å²) in [5.41, 5.74) is 2.80. The number of pyridine rings is 2. The molecule has 4 heterocycles. The molecule has 6 nitrogen and oxygen atoms in total. The second kappa shape index (κ2) is 7.97. The summed E-state index contributed by atoms with van der Waals surface area (Å²) >= 11 is 0. The molecule has 0 radical (unpaired) electrons. The van der Waals surface area contributed by atoms with Crippen molar-refractivity contribution in [1.82, 2.24) is 19.8 Å². The summed E-state index contributed by atoms with van der Waals surface area (Å²) in [6.45, 7) is 0.777.